The molecular formula is C18H21N3O2. The number of carbonyl (C=O) groups excluding carboxylic acids is 2. The second-order valence-electron chi connectivity index (χ2n) is 6.70. The molecule has 1 aromatic carbocycles. The highest BCUT2D eigenvalue weighted by Gasteiger charge is 2.58. The zero-order chi connectivity index (χ0) is 16.4. The van der Waals surface area contributed by atoms with E-state index in [0.29, 0.717) is 30.0 Å². The van der Waals surface area contributed by atoms with Crippen molar-refractivity contribution in [3.05, 3.63) is 29.8 Å². The van der Waals surface area contributed by atoms with Crippen molar-refractivity contribution in [2.75, 3.05) is 18.4 Å². The number of anilines is 1. The maximum absolute atomic E-state index is 12.7. The first-order valence-electron chi connectivity index (χ1n) is 8.16. The quantitative estimate of drug-likeness (QED) is 0.872. The predicted octanol–water partition coefficient (Wildman–Crippen LogP) is 2.54. The van der Waals surface area contributed by atoms with Crippen LogP contribution in [0.3, 0.4) is 0 Å². The molecule has 0 aromatic heterocycles. The number of likely N-dealkylation sites (tertiary alicyclic amines) is 1. The standard InChI is InChI=1S/C18H21N3O2/c1-13-6-10-21(11-7-13)17(23)18(8-9-18)16(22)20-15-4-2-14(12-19)3-5-15/h2-5,13H,6-11H2,1H3,(H,20,22). The summed E-state index contributed by atoms with van der Waals surface area (Å²) in [6, 6.07) is 8.74. The second-order valence-corrected chi connectivity index (χ2v) is 6.70. The smallest absolute Gasteiger partial charge is 0.240 e. The van der Waals surface area contributed by atoms with Gasteiger partial charge in [-0.15, -0.1) is 0 Å². The van der Waals surface area contributed by atoms with Gasteiger partial charge in [0.15, 0.2) is 0 Å². The highest BCUT2D eigenvalue weighted by atomic mass is 16.2. The van der Waals surface area contributed by atoms with Gasteiger partial charge in [0.05, 0.1) is 11.6 Å². The van der Waals surface area contributed by atoms with Crippen LogP contribution in [-0.2, 0) is 9.59 Å². The van der Waals surface area contributed by atoms with E-state index in [1.165, 1.54) is 0 Å². The van der Waals surface area contributed by atoms with Crippen LogP contribution in [-0.4, -0.2) is 29.8 Å². The summed E-state index contributed by atoms with van der Waals surface area (Å²) in [5.74, 6) is 0.419. The van der Waals surface area contributed by atoms with Crippen molar-refractivity contribution >= 4 is 17.5 Å². The molecule has 1 aliphatic heterocycles. The number of amides is 2. The molecule has 120 valence electrons. The highest BCUT2D eigenvalue weighted by Crippen LogP contribution is 2.48. The van der Waals surface area contributed by atoms with Gasteiger partial charge in [-0.3, -0.25) is 9.59 Å². The average Bonchev–Trinajstić information content (AvgIpc) is 3.37. The largest absolute Gasteiger partial charge is 0.342 e. The maximum atomic E-state index is 12.7. The molecule has 0 spiro atoms. The van der Waals surface area contributed by atoms with Crippen LogP contribution in [0.25, 0.3) is 0 Å². The van der Waals surface area contributed by atoms with E-state index < -0.39 is 5.41 Å². The molecule has 1 saturated carbocycles. The molecule has 1 saturated heterocycles. The summed E-state index contributed by atoms with van der Waals surface area (Å²) in [6.07, 6.45) is 3.28. The third-order valence-electron chi connectivity index (χ3n) is 4.94. The van der Waals surface area contributed by atoms with Gasteiger partial charge in [-0.05, 0) is 55.9 Å². The summed E-state index contributed by atoms with van der Waals surface area (Å²) in [6.45, 7) is 3.71. The van der Waals surface area contributed by atoms with Crippen LogP contribution >= 0.6 is 0 Å². The van der Waals surface area contributed by atoms with Gasteiger partial charge in [-0.25, -0.2) is 0 Å². The fraction of sp³-hybridized carbons (Fsp3) is 0.500. The van der Waals surface area contributed by atoms with Crippen molar-refractivity contribution < 1.29 is 9.59 Å². The Balaban J connectivity index is 1.66. The van der Waals surface area contributed by atoms with E-state index in [0.717, 1.165) is 25.9 Å². The average molecular weight is 311 g/mol. The Kier molecular flexibility index (Phi) is 4.08. The Hall–Kier alpha value is -2.35. The number of piperidine rings is 1. The fourth-order valence-corrected chi connectivity index (χ4v) is 3.06. The van der Waals surface area contributed by atoms with Crippen molar-refractivity contribution in [2.24, 2.45) is 11.3 Å². The molecule has 0 bridgehead atoms. The van der Waals surface area contributed by atoms with Gasteiger partial charge in [0.1, 0.15) is 5.41 Å². The monoisotopic (exact) mass is 311 g/mol. The number of rotatable bonds is 3. The zero-order valence-electron chi connectivity index (χ0n) is 13.3. The van der Waals surface area contributed by atoms with E-state index in [9.17, 15) is 9.59 Å². The topological polar surface area (TPSA) is 73.2 Å². The summed E-state index contributed by atoms with van der Waals surface area (Å²) < 4.78 is 0. The van der Waals surface area contributed by atoms with Crippen molar-refractivity contribution in [1.29, 1.82) is 5.26 Å². The van der Waals surface area contributed by atoms with Gasteiger partial charge in [0, 0.05) is 18.8 Å². The van der Waals surface area contributed by atoms with E-state index in [1.807, 2.05) is 11.0 Å². The molecule has 1 aliphatic carbocycles. The molecule has 23 heavy (non-hydrogen) atoms. The summed E-state index contributed by atoms with van der Waals surface area (Å²) in [7, 11) is 0. The summed E-state index contributed by atoms with van der Waals surface area (Å²) >= 11 is 0. The molecular weight excluding hydrogens is 290 g/mol. The van der Waals surface area contributed by atoms with Crippen LogP contribution < -0.4 is 5.32 Å². The maximum Gasteiger partial charge on any atom is 0.240 e. The third-order valence-corrected chi connectivity index (χ3v) is 4.94. The number of benzene rings is 1. The number of nitrogens with zero attached hydrogens (tertiary/aromatic N) is 2. The number of hydrogen-bond acceptors (Lipinski definition) is 3. The van der Waals surface area contributed by atoms with Crippen molar-refractivity contribution in [3.8, 4) is 6.07 Å². The Morgan fingerprint density at radius 2 is 1.83 bits per heavy atom. The number of hydrogen-bond donors (Lipinski definition) is 1. The minimum absolute atomic E-state index is 0.0180. The third kappa shape index (κ3) is 3.07. The summed E-state index contributed by atoms with van der Waals surface area (Å²) in [5, 5.41) is 11.6. The molecule has 1 aromatic rings. The molecule has 0 atom stereocenters. The van der Waals surface area contributed by atoms with E-state index in [-0.39, 0.29) is 11.8 Å². The van der Waals surface area contributed by atoms with Crippen LogP contribution in [0.4, 0.5) is 5.69 Å². The van der Waals surface area contributed by atoms with Crippen molar-refractivity contribution in [2.45, 2.75) is 32.6 Å². The fourth-order valence-electron chi connectivity index (χ4n) is 3.06. The van der Waals surface area contributed by atoms with Crippen LogP contribution in [0.5, 0.6) is 0 Å². The molecule has 5 nitrogen and oxygen atoms in total. The zero-order valence-corrected chi connectivity index (χ0v) is 13.3. The van der Waals surface area contributed by atoms with E-state index in [4.69, 9.17) is 5.26 Å². The van der Waals surface area contributed by atoms with Crippen LogP contribution in [0.1, 0.15) is 38.2 Å². The number of nitriles is 1. The van der Waals surface area contributed by atoms with Gasteiger partial charge in [-0.1, -0.05) is 6.92 Å². The number of nitrogens with one attached hydrogen (secondary N) is 1. The lowest BCUT2D eigenvalue weighted by molar-refractivity contribution is -0.143. The van der Waals surface area contributed by atoms with E-state index in [1.54, 1.807) is 24.3 Å². The minimum Gasteiger partial charge on any atom is -0.342 e. The Morgan fingerprint density at radius 1 is 1.22 bits per heavy atom. The van der Waals surface area contributed by atoms with Gasteiger partial charge in [-0.2, -0.15) is 5.26 Å². The molecule has 1 N–H and O–H groups in total. The minimum atomic E-state index is -0.867. The molecule has 5 heteroatoms. The molecule has 2 amide bonds. The van der Waals surface area contributed by atoms with Crippen molar-refractivity contribution in [1.82, 2.24) is 4.90 Å². The van der Waals surface area contributed by atoms with Gasteiger partial charge in [0.25, 0.3) is 0 Å². The molecule has 2 fully saturated rings. The second kappa shape index (κ2) is 6.04. The summed E-state index contributed by atoms with van der Waals surface area (Å²) in [5.41, 5.74) is 0.303. The highest BCUT2D eigenvalue weighted by molar-refractivity contribution is 6.13. The van der Waals surface area contributed by atoms with Crippen LogP contribution in [0, 0.1) is 22.7 Å². The molecule has 0 unspecified atom stereocenters. The van der Waals surface area contributed by atoms with E-state index >= 15 is 0 Å². The Bertz CT molecular complexity index is 648. The first-order valence-corrected chi connectivity index (χ1v) is 8.16. The molecule has 1 heterocycles. The first kappa shape index (κ1) is 15.5. The summed E-state index contributed by atoms with van der Waals surface area (Å²) in [4.78, 5) is 27.2. The Labute approximate surface area is 136 Å². The predicted molar refractivity (Wildman–Crippen MR) is 86.4 cm³/mol. The Morgan fingerprint density at radius 3 is 2.35 bits per heavy atom. The lowest BCUT2D eigenvalue weighted by Gasteiger charge is -2.32. The van der Waals surface area contributed by atoms with Gasteiger partial charge in [0.2, 0.25) is 11.8 Å². The van der Waals surface area contributed by atoms with Crippen LogP contribution in [0.2, 0.25) is 0 Å². The van der Waals surface area contributed by atoms with Crippen LogP contribution in [0.15, 0.2) is 24.3 Å². The number of carbonyl (C=O) groups is 2. The van der Waals surface area contributed by atoms with E-state index in [2.05, 4.69) is 12.2 Å². The normalized spacial score (nSPS) is 19.7. The van der Waals surface area contributed by atoms with Crippen molar-refractivity contribution in [3.63, 3.8) is 0 Å². The SMILES string of the molecule is CC1CCN(C(=O)C2(C(=O)Nc3ccc(C#N)cc3)CC2)CC1. The molecule has 0 radical (unpaired) electrons. The lowest BCUT2D eigenvalue weighted by atomic mass is 9.96. The lowest BCUT2D eigenvalue weighted by Crippen LogP contribution is -2.46. The molecule has 2 aliphatic rings. The molecule has 3 rings (SSSR count). The van der Waals surface area contributed by atoms with Gasteiger partial charge >= 0.3 is 0 Å². The first-order chi connectivity index (χ1) is 11.0. The van der Waals surface area contributed by atoms with Gasteiger partial charge < -0.3 is 10.2 Å².